The summed E-state index contributed by atoms with van der Waals surface area (Å²) in [4.78, 5) is 12.7. The summed E-state index contributed by atoms with van der Waals surface area (Å²) in [5.74, 6) is 0. The molecule has 0 aromatic heterocycles. The molecule has 2 saturated heterocycles. The van der Waals surface area contributed by atoms with Gasteiger partial charge in [0.05, 0.1) is 18.7 Å². The Hall–Kier alpha value is -0.810. The van der Waals surface area contributed by atoms with Crippen LogP contribution >= 0.6 is 0 Å². The number of nitrogens with one attached hydrogen (secondary N) is 1. The molecule has 2 rings (SSSR count). The molecular formula is C7H12N2O3. The molecule has 2 N–H and O–H groups in total. The van der Waals surface area contributed by atoms with Crippen LogP contribution in [0.5, 0.6) is 0 Å². The molecule has 0 radical (unpaired) electrons. The lowest BCUT2D eigenvalue weighted by atomic mass is 10.2. The van der Waals surface area contributed by atoms with Gasteiger partial charge in [0.1, 0.15) is 6.61 Å². The highest BCUT2D eigenvalue weighted by Crippen LogP contribution is 2.14. The average molecular weight is 172 g/mol. The minimum absolute atomic E-state index is 0.0972. The maximum absolute atomic E-state index is 11.1. The van der Waals surface area contributed by atoms with Crippen molar-refractivity contribution in [3.05, 3.63) is 0 Å². The topological polar surface area (TPSA) is 61.8 Å². The third-order valence-electron chi connectivity index (χ3n) is 2.34. The summed E-state index contributed by atoms with van der Waals surface area (Å²) in [6.07, 6.45) is -0.751. The van der Waals surface area contributed by atoms with Crippen molar-refractivity contribution < 1.29 is 14.6 Å². The van der Waals surface area contributed by atoms with Gasteiger partial charge in [-0.05, 0) is 0 Å². The number of hydrogen-bond donors (Lipinski definition) is 2. The first-order chi connectivity index (χ1) is 5.79. The van der Waals surface area contributed by atoms with Crippen LogP contribution in [0, 0.1) is 0 Å². The molecule has 2 aliphatic rings. The zero-order chi connectivity index (χ0) is 8.55. The number of hydrogen-bond acceptors (Lipinski definition) is 4. The molecule has 0 aromatic carbocycles. The van der Waals surface area contributed by atoms with Gasteiger partial charge in [0.15, 0.2) is 0 Å². The van der Waals surface area contributed by atoms with E-state index >= 15 is 0 Å². The number of aliphatic hydroxyl groups excluding tert-OH is 1. The number of rotatable bonds is 1. The molecule has 2 heterocycles. The molecule has 2 atom stereocenters. The molecule has 68 valence electrons. The molecule has 2 aliphatic heterocycles. The van der Waals surface area contributed by atoms with E-state index < -0.39 is 6.10 Å². The van der Waals surface area contributed by atoms with Crippen molar-refractivity contribution >= 4 is 6.09 Å². The van der Waals surface area contributed by atoms with E-state index in [9.17, 15) is 9.90 Å². The van der Waals surface area contributed by atoms with Crippen molar-refractivity contribution in [2.24, 2.45) is 0 Å². The Labute approximate surface area is 70.3 Å². The van der Waals surface area contributed by atoms with Crippen LogP contribution in [-0.4, -0.2) is 54.5 Å². The van der Waals surface area contributed by atoms with E-state index in [1.807, 2.05) is 0 Å². The summed E-state index contributed by atoms with van der Waals surface area (Å²) >= 11 is 0. The lowest BCUT2D eigenvalue weighted by molar-refractivity contribution is 0.0985. The van der Waals surface area contributed by atoms with Crippen LogP contribution in [0.15, 0.2) is 0 Å². The van der Waals surface area contributed by atoms with Gasteiger partial charge in [-0.15, -0.1) is 0 Å². The number of carbonyl (C=O) groups is 1. The minimum Gasteiger partial charge on any atom is -0.448 e. The van der Waals surface area contributed by atoms with Crippen molar-refractivity contribution in [2.45, 2.75) is 12.1 Å². The summed E-state index contributed by atoms with van der Waals surface area (Å²) in [5.41, 5.74) is 0. The maximum Gasteiger partial charge on any atom is 0.410 e. The Kier molecular flexibility index (Phi) is 1.90. The maximum atomic E-state index is 11.1. The first-order valence-electron chi connectivity index (χ1n) is 4.11. The van der Waals surface area contributed by atoms with Crippen molar-refractivity contribution in [1.82, 2.24) is 10.2 Å². The van der Waals surface area contributed by atoms with Crippen LogP contribution in [0.4, 0.5) is 4.79 Å². The summed E-state index contributed by atoms with van der Waals surface area (Å²) in [5, 5.41) is 12.5. The first-order valence-corrected chi connectivity index (χ1v) is 4.11. The highest BCUT2D eigenvalue weighted by molar-refractivity contribution is 5.70. The monoisotopic (exact) mass is 172 g/mol. The number of β-amino-alcohol motifs (C(OH)–C–C–N with tert-alkyl or cyclic N) is 1. The standard InChI is InChI=1S/C7H12N2O3/c10-6-4-8-3-5(6)9-1-2-12-7(9)11/h5-6,8,10H,1-4H2. The lowest BCUT2D eigenvalue weighted by Gasteiger charge is -2.22. The third kappa shape index (κ3) is 1.15. The van der Waals surface area contributed by atoms with E-state index in [0.717, 1.165) is 0 Å². The van der Waals surface area contributed by atoms with E-state index in [1.54, 1.807) is 4.90 Å². The number of cyclic esters (lactones) is 1. The quantitative estimate of drug-likeness (QED) is 0.520. The largest absolute Gasteiger partial charge is 0.448 e. The van der Waals surface area contributed by atoms with Gasteiger partial charge in [-0.3, -0.25) is 4.90 Å². The Bertz CT molecular complexity index is 197. The Balaban J connectivity index is 2.03. The van der Waals surface area contributed by atoms with Gasteiger partial charge in [-0.25, -0.2) is 4.79 Å². The van der Waals surface area contributed by atoms with Gasteiger partial charge >= 0.3 is 6.09 Å². The Morgan fingerprint density at radius 1 is 1.58 bits per heavy atom. The molecule has 5 nitrogen and oxygen atoms in total. The Morgan fingerprint density at radius 3 is 2.92 bits per heavy atom. The van der Waals surface area contributed by atoms with E-state index in [1.165, 1.54) is 0 Å². The van der Waals surface area contributed by atoms with Gasteiger partial charge in [0.2, 0.25) is 0 Å². The molecule has 0 bridgehead atoms. The van der Waals surface area contributed by atoms with Gasteiger partial charge in [-0.2, -0.15) is 0 Å². The first kappa shape index (κ1) is 7.82. The summed E-state index contributed by atoms with van der Waals surface area (Å²) in [6.45, 7) is 2.27. The van der Waals surface area contributed by atoms with Crippen molar-refractivity contribution in [3.8, 4) is 0 Å². The summed E-state index contributed by atoms with van der Waals surface area (Å²) in [6, 6.07) is -0.0972. The highest BCUT2D eigenvalue weighted by Gasteiger charge is 2.36. The summed E-state index contributed by atoms with van der Waals surface area (Å²) < 4.78 is 4.77. The van der Waals surface area contributed by atoms with Crippen LogP contribution in [-0.2, 0) is 4.74 Å². The van der Waals surface area contributed by atoms with Gasteiger partial charge in [0, 0.05) is 13.1 Å². The predicted molar refractivity (Wildman–Crippen MR) is 40.7 cm³/mol. The van der Waals surface area contributed by atoms with Crippen LogP contribution in [0.3, 0.4) is 0 Å². The van der Waals surface area contributed by atoms with E-state index in [2.05, 4.69) is 5.32 Å². The number of ether oxygens (including phenoxy) is 1. The summed E-state index contributed by atoms with van der Waals surface area (Å²) in [7, 11) is 0. The normalized spacial score (nSPS) is 35.8. The van der Waals surface area contributed by atoms with Crippen molar-refractivity contribution in [2.75, 3.05) is 26.2 Å². The molecule has 0 spiro atoms. The molecule has 2 fully saturated rings. The smallest absolute Gasteiger partial charge is 0.410 e. The van der Waals surface area contributed by atoms with Gasteiger partial charge in [0.25, 0.3) is 0 Å². The molecule has 2 unspecified atom stereocenters. The second-order valence-corrected chi connectivity index (χ2v) is 3.10. The van der Waals surface area contributed by atoms with Crippen LogP contribution in [0.1, 0.15) is 0 Å². The SMILES string of the molecule is O=C1OCCN1C1CNCC1O. The highest BCUT2D eigenvalue weighted by atomic mass is 16.6. The number of nitrogens with zero attached hydrogens (tertiary/aromatic N) is 1. The van der Waals surface area contributed by atoms with Crippen LogP contribution in [0.25, 0.3) is 0 Å². The molecule has 5 heteroatoms. The lowest BCUT2D eigenvalue weighted by Crippen LogP contribution is -2.43. The van der Waals surface area contributed by atoms with E-state index in [-0.39, 0.29) is 12.1 Å². The third-order valence-corrected chi connectivity index (χ3v) is 2.34. The van der Waals surface area contributed by atoms with E-state index in [4.69, 9.17) is 4.74 Å². The molecule has 1 amide bonds. The fourth-order valence-electron chi connectivity index (χ4n) is 1.68. The molecular weight excluding hydrogens is 160 g/mol. The molecule has 12 heavy (non-hydrogen) atoms. The van der Waals surface area contributed by atoms with Crippen LogP contribution in [0.2, 0.25) is 0 Å². The molecule has 0 saturated carbocycles. The second-order valence-electron chi connectivity index (χ2n) is 3.10. The van der Waals surface area contributed by atoms with Gasteiger partial charge in [-0.1, -0.05) is 0 Å². The minimum atomic E-state index is -0.448. The zero-order valence-corrected chi connectivity index (χ0v) is 6.69. The average Bonchev–Trinajstić information content (AvgIpc) is 2.59. The Morgan fingerprint density at radius 2 is 2.42 bits per heavy atom. The predicted octanol–water partition coefficient (Wildman–Crippen LogP) is -1.23. The van der Waals surface area contributed by atoms with Crippen LogP contribution < -0.4 is 5.32 Å². The second kappa shape index (κ2) is 2.91. The van der Waals surface area contributed by atoms with Crippen molar-refractivity contribution in [1.29, 1.82) is 0 Å². The number of aliphatic hydroxyl groups is 1. The fourth-order valence-corrected chi connectivity index (χ4v) is 1.68. The van der Waals surface area contributed by atoms with Gasteiger partial charge < -0.3 is 15.2 Å². The number of carbonyl (C=O) groups excluding carboxylic acids is 1. The number of amides is 1. The van der Waals surface area contributed by atoms with Crippen molar-refractivity contribution in [3.63, 3.8) is 0 Å². The molecule has 0 aliphatic carbocycles. The van der Waals surface area contributed by atoms with E-state index in [0.29, 0.717) is 26.2 Å². The zero-order valence-electron chi connectivity index (χ0n) is 6.69. The fraction of sp³-hybridized carbons (Fsp3) is 0.857. The molecule has 0 aromatic rings.